The maximum atomic E-state index is 17.3. The highest BCUT2D eigenvalue weighted by Crippen LogP contribution is 2.57. The number of ether oxygens (including phenoxy) is 2. The van der Waals surface area contributed by atoms with Gasteiger partial charge in [0, 0.05) is 5.56 Å². The number of anilines is 1. The number of phosphoric acid groups is 2. The molecule has 0 radical (unpaired) electrons. The van der Waals surface area contributed by atoms with E-state index in [1.54, 1.807) is 42.5 Å². The number of hydrogen-bond acceptors (Lipinski definition) is 20. The zero-order chi connectivity index (χ0) is 51.1. The molecule has 0 saturated carbocycles. The number of nitrogens with one attached hydrogen (secondary N) is 1. The van der Waals surface area contributed by atoms with E-state index in [9.17, 15) is 25.0 Å². The van der Waals surface area contributed by atoms with Crippen molar-refractivity contribution >= 4 is 57.9 Å². The number of imidazole rings is 1. The van der Waals surface area contributed by atoms with Gasteiger partial charge >= 0.3 is 15.6 Å². The number of hydrogen-bond donors (Lipinski definition) is 2. The maximum absolute atomic E-state index is 17.3. The van der Waals surface area contributed by atoms with Crippen LogP contribution in [0.4, 0.5) is 10.2 Å². The zero-order valence-corrected chi connectivity index (χ0v) is 42.6. The summed E-state index contributed by atoms with van der Waals surface area (Å²) in [5, 5.41) is 40.5. The number of carbonyl (C=O) groups is 1. The van der Waals surface area contributed by atoms with E-state index in [1.165, 1.54) is 21.7 Å². The summed E-state index contributed by atoms with van der Waals surface area (Å²) in [6, 6.07) is 17.5. The zero-order valence-electron chi connectivity index (χ0n) is 39.8. The van der Waals surface area contributed by atoms with Crippen molar-refractivity contribution in [2.45, 2.75) is 108 Å². The van der Waals surface area contributed by atoms with Crippen LogP contribution in [0.3, 0.4) is 0 Å². The number of aryl methyl sites for hydroxylation is 1. The van der Waals surface area contributed by atoms with Gasteiger partial charge < -0.3 is 24.3 Å². The fourth-order valence-corrected chi connectivity index (χ4v) is 11.4. The first-order valence-corrected chi connectivity index (χ1v) is 28.3. The number of aromatic nitrogens is 7. The number of amides is 1. The smallest absolute Gasteiger partial charge is 0.408 e. The molecule has 10 atom stereocenters. The van der Waals surface area contributed by atoms with Crippen molar-refractivity contribution < 1.29 is 64.5 Å². The Morgan fingerprint density at radius 3 is 2.25 bits per heavy atom. The normalized spacial score (nSPS) is 24.3. The van der Waals surface area contributed by atoms with Crippen LogP contribution in [0.5, 0.6) is 0 Å². The van der Waals surface area contributed by atoms with E-state index in [0.717, 1.165) is 11.9 Å². The van der Waals surface area contributed by atoms with Crippen LogP contribution in [0, 0.1) is 29.6 Å². The van der Waals surface area contributed by atoms with E-state index in [0.29, 0.717) is 16.6 Å². The summed E-state index contributed by atoms with van der Waals surface area (Å²) in [6.07, 6.45) is -9.35. The highest BCUT2D eigenvalue weighted by atomic mass is 31.2. The minimum atomic E-state index is -5.00. The average Bonchev–Trinajstić information content (AvgIpc) is 4.12. The second kappa shape index (κ2) is 22.7. The summed E-state index contributed by atoms with van der Waals surface area (Å²) in [7, 11) is -12.5. The van der Waals surface area contributed by atoms with Gasteiger partial charge in [-0.2, -0.15) is 10.5 Å². The van der Waals surface area contributed by atoms with E-state index < -0.39 is 105 Å². The molecule has 1 amide bonds. The molecule has 0 bridgehead atoms. The molecular weight excluding hydrogens is 986 g/mol. The van der Waals surface area contributed by atoms with E-state index >= 15 is 8.96 Å². The number of aliphatic hydroxyl groups excluding tert-OH is 1. The molecule has 27 heteroatoms. The Balaban J connectivity index is 1.25. The molecule has 380 valence electrons. The Bertz CT molecular complexity index is 2860. The molecule has 5 aromatic rings. The number of carbonyl (C=O) groups excluding carboxylic acids is 1. The molecule has 0 spiro atoms. The number of aliphatic hydroxyl groups is 1. The Morgan fingerprint density at radius 1 is 0.915 bits per heavy atom. The number of nitriles is 2. The number of nitrogens with zero attached hydrogens (tertiary/aromatic N) is 9. The topological polar surface area (TPSA) is 288 Å². The van der Waals surface area contributed by atoms with E-state index in [2.05, 4.69) is 37.2 Å². The van der Waals surface area contributed by atoms with Gasteiger partial charge in [-0.3, -0.25) is 36.5 Å². The summed E-state index contributed by atoms with van der Waals surface area (Å²) in [5.74, 6) is -0.515. The molecule has 3 unspecified atom stereocenters. The molecule has 23 nitrogen and oxygen atoms in total. The van der Waals surface area contributed by atoms with Crippen LogP contribution >= 0.6 is 15.6 Å². The number of benzene rings is 2. The molecule has 2 saturated heterocycles. The van der Waals surface area contributed by atoms with Crippen LogP contribution in [0.25, 0.3) is 22.2 Å². The lowest BCUT2D eigenvalue weighted by atomic mass is 10.1. The summed E-state index contributed by atoms with van der Waals surface area (Å²) < 4.78 is 104. The summed E-state index contributed by atoms with van der Waals surface area (Å²) in [6.45, 7) is 12.6. The lowest BCUT2D eigenvalue weighted by Gasteiger charge is -2.40. The summed E-state index contributed by atoms with van der Waals surface area (Å²) >= 11 is 0. The van der Waals surface area contributed by atoms with Crippen molar-refractivity contribution in [3.63, 3.8) is 0 Å². The minimum Gasteiger partial charge on any atom is -0.408 e. The SMILES string of the molecule is C=CCOP(=O)(OCCC#N)O[C@H]1[C@@H](F)[C@H](n2cnc3c(NC(=O)c4ccccc4)ncnc32)O[C@@H]1COP(=O)(OCCC#N)O[C@@H]1[C@H](O[Si](C)(C)C(C)(C)C)C(CO)O[C@H]1n1nnc2c(C)cccc21. The first-order chi connectivity index (χ1) is 33.9. The molecule has 2 fully saturated rings. The second-order valence-electron chi connectivity index (χ2n) is 17.8. The maximum Gasteiger partial charge on any atom is 0.475 e. The third kappa shape index (κ3) is 12.0. The highest BCUT2D eigenvalue weighted by Gasteiger charge is 2.56. The predicted molar refractivity (Wildman–Crippen MR) is 253 cm³/mol. The number of alkyl halides is 1. The van der Waals surface area contributed by atoms with Crippen LogP contribution in [-0.4, -0.2) is 124 Å². The van der Waals surface area contributed by atoms with E-state index in [-0.39, 0.29) is 41.5 Å². The molecule has 2 aliphatic rings. The predicted octanol–water partition coefficient (Wildman–Crippen LogP) is 7.41. The first-order valence-electron chi connectivity index (χ1n) is 22.4. The third-order valence-electron chi connectivity index (χ3n) is 12.0. The quantitative estimate of drug-likeness (QED) is 0.0278. The standard InChI is InChI=1S/C44H55FN10O13P2Si/c1-8-21-60-69(58,61-22-13-19-46)66-36-32(65-42(33(36)45)54-27-50-35-39(48-26-49-40(35)54)51-41(57)29-16-10-9-11-17-29)25-63-70(59,62-23-14-20-47)67-38-37(68-71(6,7)44(3,4)5)31(24-56)64-43(38)55-30-18-12-15-28(2)34(30)52-53-55/h8-12,15-18,26-27,31-33,36-38,42-43,56H,1,13-14,21-25H2,2-7H3,(H,48,49,51,57)/t31?,32-,33-,36-,37-,38-,42-,43-,69?,70?/m1/s1. The fraction of sp³-hybridized carbons (Fsp3) is 0.500. The van der Waals surface area contributed by atoms with Gasteiger partial charge in [-0.05, 0) is 48.8 Å². The van der Waals surface area contributed by atoms with E-state index in [1.807, 2.05) is 59.0 Å². The molecule has 2 aliphatic heterocycles. The van der Waals surface area contributed by atoms with Crippen molar-refractivity contribution in [3.8, 4) is 12.1 Å². The average molecular weight is 1040 g/mol. The molecule has 3 aromatic heterocycles. The molecule has 2 aromatic carbocycles. The van der Waals surface area contributed by atoms with Gasteiger partial charge in [0.05, 0.1) is 69.9 Å². The number of phosphoric ester groups is 2. The Hall–Kier alpha value is -5.21. The van der Waals surface area contributed by atoms with Gasteiger partial charge in [0.15, 0.2) is 43.9 Å². The molecule has 0 aliphatic carbocycles. The Kier molecular flexibility index (Phi) is 17.1. The Labute approximate surface area is 409 Å². The molecular formula is C44H55FN10O13P2Si. The fourth-order valence-electron chi connectivity index (χ4n) is 7.40. The van der Waals surface area contributed by atoms with Crippen LogP contribution in [-0.2, 0) is 50.2 Å². The summed E-state index contributed by atoms with van der Waals surface area (Å²) in [4.78, 5) is 25.9. The minimum absolute atomic E-state index is 0.00385. The third-order valence-corrected chi connectivity index (χ3v) is 19.4. The Morgan fingerprint density at radius 2 is 1.59 bits per heavy atom. The molecule has 5 heterocycles. The van der Waals surface area contributed by atoms with Crippen molar-refractivity contribution in [2.75, 3.05) is 38.4 Å². The van der Waals surface area contributed by atoms with Gasteiger partial charge in [0.1, 0.15) is 42.4 Å². The number of fused-ring (bicyclic) bond motifs is 2. The van der Waals surface area contributed by atoms with Gasteiger partial charge in [0.2, 0.25) is 0 Å². The van der Waals surface area contributed by atoms with Crippen molar-refractivity contribution in [1.82, 2.24) is 34.5 Å². The van der Waals surface area contributed by atoms with Gasteiger partial charge in [0.25, 0.3) is 5.91 Å². The molecule has 71 heavy (non-hydrogen) atoms. The molecule has 7 rings (SSSR count). The largest absolute Gasteiger partial charge is 0.475 e. The van der Waals surface area contributed by atoms with Crippen LogP contribution in [0.1, 0.15) is 62.0 Å². The summed E-state index contributed by atoms with van der Waals surface area (Å²) in [5.41, 5.74) is 2.21. The van der Waals surface area contributed by atoms with Gasteiger partial charge in [-0.25, -0.2) is 33.2 Å². The first kappa shape index (κ1) is 53.6. The van der Waals surface area contributed by atoms with Crippen LogP contribution < -0.4 is 5.32 Å². The lowest BCUT2D eigenvalue weighted by molar-refractivity contribution is -0.0665. The van der Waals surface area contributed by atoms with Gasteiger partial charge in [-0.1, -0.05) is 62.4 Å². The lowest BCUT2D eigenvalue weighted by Crippen LogP contribution is -2.50. The van der Waals surface area contributed by atoms with E-state index in [4.69, 9.17) is 41.0 Å². The van der Waals surface area contributed by atoms with Crippen molar-refractivity contribution in [2.24, 2.45) is 0 Å². The number of halogens is 1. The van der Waals surface area contributed by atoms with Crippen molar-refractivity contribution in [1.29, 1.82) is 10.5 Å². The van der Waals surface area contributed by atoms with Crippen LogP contribution in [0.2, 0.25) is 18.1 Å². The van der Waals surface area contributed by atoms with Crippen molar-refractivity contribution in [3.05, 3.63) is 85.0 Å². The number of rotatable bonds is 23. The second-order valence-corrected chi connectivity index (χ2v) is 25.8. The van der Waals surface area contributed by atoms with Crippen LogP contribution in [0.15, 0.2) is 73.8 Å². The molecule has 2 N–H and O–H groups in total. The highest BCUT2D eigenvalue weighted by molar-refractivity contribution is 7.48. The monoisotopic (exact) mass is 1040 g/mol. The van der Waals surface area contributed by atoms with Gasteiger partial charge in [-0.15, -0.1) is 11.7 Å².